The molecule has 25 N–H and O–H groups in total. The van der Waals surface area contributed by atoms with Crippen LogP contribution in [0.2, 0.25) is 0 Å². The van der Waals surface area contributed by atoms with Gasteiger partial charge in [-0.3, -0.25) is 36.0 Å². The molecule has 0 fully saturated rings. The Balaban J connectivity index is -0.0000000447. The van der Waals surface area contributed by atoms with Gasteiger partial charge < -0.3 is 159 Å². The van der Waals surface area contributed by atoms with Crippen molar-refractivity contribution in [1.29, 1.82) is 0 Å². The second kappa shape index (κ2) is 46.3. The van der Waals surface area contributed by atoms with Crippen molar-refractivity contribution < 1.29 is 261 Å². The van der Waals surface area contributed by atoms with E-state index in [-0.39, 0.29) is 216 Å². The Morgan fingerprint density at radius 2 is 0.293 bits per heavy atom. The molecule has 0 amide bonds. The van der Waals surface area contributed by atoms with Crippen molar-refractivity contribution >= 4 is 306 Å². The third-order valence-electron chi connectivity index (χ3n) is 2.05. The van der Waals surface area contributed by atoms with Crippen LogP contribution in [0.25, 0.3) is 0 Å². The Hall–Kier alpha value is 8.15. The molecule has 2 unspecified atom stereocenters. The van der Waals surface area contributed by atoms with Crippen LogP contribution in [0, 0.1) is 0 Å². The van der Waals surface area contributed by atoms with E-state index in [0.717, 1.165) is 0 Å². The zero-order valence-electron chi connectivity index (χ0n) is 33.7. The SMILES string of the molecule is O.O.O.O.O.O=P(O)(O)OP(=O)([O-])OP(=O)(O)O.O=P(O)(O)OP(=O)([O-])OP(=O)(O)O.O=P(O)(O)OP(=O)([O-])OP(=O)(O)O.O=P([O-])(O)OP(=O)([O-])OP(=O)(O)O.O=P([O-])([O-])OP(=O)([O-])OP(=O)([O-])[O-].[Ca+2].[Ca+2].[Ca+2].[Ca+2].[Ca+2]. The fourth-order valence-corrected chi connectivity index (χ4v) is 13.6. The third-order valence-corrected chi connectivity index (χ3v) is 18.4. The van der Waals surface area contributed by atoms with Gasteiger partial charge in [-0.2, -0.15) is 0 Å². The molecule has 75 heteroatoms. The average Bonchev–Trinajstić information content (AvgIpc) is 2.68. The zero-order valence-corrected chi connectivity index (χ0v) is 58.2. The summed E-state index contributed by atoms with van der Waals surface area (Å²) in [6.45, 7) is 0. The Kier molecular flexibility index (Phi) is 74.5. The molecule has 0 aromatic carbocycles. The predicted molar refractivity (Wildman–Crippen MR) is 205 cm³/mol. The van der Waals surface area contributed by atoms with E-state index >= 15 is 0 Å². The van der Waals surface area contributed by atoms with Gasteiger partial charge in [0, 0.05) is 0 Å². The van der Waals surface area contributed by atoms with Crippen molar-refractivity contribution in [2.45, 2.75) is 0 Å². The largest absolute Gasteiger partial charge is 2.00 e. The summed E-state index contributed by atoms with van der Waals surface area (Å²) in [5.74, 6) is 0. The second-order valence-corrected chi connectivity index (χ2v) is 28.4. The maximum Gasteiger partial charge on any atom is 2.00 e. The van der Waals surface area contributed by atoms with Crippen molar-refractivity contribution in [2.24, 2.45) is 0 Å². The van der Waals surface area contributed by atoms with Crippen molar-refractivity contribution in [1.82, 2.24) is 0 Å². The normalized spacial score (nSPS) is 13.9. The fourth-order valence-electron chi connectivity index (χ4n) is 1.36. The van der Waals surface area contributed by atoms with Crippen LogP contribution in [0.1, 0.15) is 0 Å². The van der Waals surface area contributed by atoms with Gasteiger partial charge in [0.25, 0.3) is 46.9 Å². The Morgan fingerprint density at radius 3 is 0.373 bits per heavy atom. The van der Waals surface area contributed by atoms with E-state index < -0.39 is 117 Å². The summed E-state index contributed by atoms with van der Waals surface area (Å²) in [6.07, 6.45) is 0. The van der Waals surface area contributed by atoms with Gasteiger partial charge in [-0.15, -0.1) is 0 Å². The molecule has 440 valence electrons. The predicted octanol–water partition coefficient (Wildman–Crippen LogP) is -15.8. The standard InChI is InChI=1S/5Ca.5H5O10P3.5H2O/c;;;;;5*1-11(2,3)9-13(7,8)10-12(4,5)6;;;;;/h;;;;;5*(H,7,8)(H2,1,2,3)(H2,4,5,6);5*1H2/q5*+2;;;;;;;;;;/p-10. The zero-order chi connectivity index (χ0) is 54.6. The van der Waals surface area contributed by atoms with Gasteiger partial charge in [0.2, 0.25) is 0 Å². The maximum absolute atomic E-state index is 10.3. The smallest absolute Gasteiger partial charge is 0.790 e. The van der Waals surface area contributed by atoms with Crippen LogP contribution in [-0.2, 0) is 112 Å². The van der Waals surface area contributed by atoms with E-state index in [2.05, 4.69) is 43.1 Å². The second-order valence-electron chi connectivity index (χ2n) is 7.85. The van der Waals surface area contributed by atoms with Crippen LogP contribution in [0.4, 0.5) is 0 Å². The molecule has 0 radical (unpaired) electrons. The van der Waals surface area contributed by atoms with Crippen molar-refractivity contribution in [3.8, 4) is 0 Å². The first-order chi connectivity index (χ1) is 27.1. The molecule has 0 aliphatic heterocycles. The van der Waals surface area contributed by atoms with E-state index in [1.165, 1.54) is 0 Å². The minimum Gasteiger partial charge on any atom is -0.790 e. The molecule has 0 heterocycles. The minimum atomic E-state index is -5.97. The fraction of sp³-hybridized carbons (Fsp3) is 0. The average molecular weight is 1570 g/mol. The first kappa shape index (κ1) is 121. The molecule has 0 spiro atoms. The van der Waals surface area contributed by atoms with Gasteiger partial charge in [-0.05, 0) is 0 Å². The molecule has 0 aliphatic carbocycles. The van der Waals surface area contributed by atoms with Gasteiger partial charge in [0.05, 0.1) is 15.6 Å². The van der Waals surface area contributed by atoms with Gasteiger partial charge in [-0.25, -0.2) is 66.4 Å². The number of hydrogen-bond donors (Lipinski definition) is 15. The van der Waals surface area contributed by atoms with Crippen LogP contribution in [0.5, 0.6) is 0 Å². The van der Waals surface area contributed by atoms with Gasteiger partial charge in [0.15, 0.2) is 0 Å². The monoisotopic (exact) mass is 1570 g/mol. The minimum absolute atomic E-state index is 0. The summed E-state index contributed by atoms with van der Waals surface area (Å²) in [6, 6.07) is 0. The molecule has 0 aromatic heterocycles. The molecule has 0 bridgehead atoms. The van der Waals surface area contributed by atoms with Crippen molar-refractivity contribution in [2.75, 3.05) is 0 Å². The van der Waals surface area contributed by atoms with Crippen LogP contribution in [-0.4, -0.2) is 289 Å². The van der Waals surface area contributed by atoms with Crippen LogP contribution >= 0.6 is 117 Å². The number of hydrogen-bond acceptors (Lipinski definition) is 35. The molecule has 2 atom stereocenters. The first-order valence-corrected chi connectivity index (χ1v) is 33.6. The van der Waals surface area contributed by atoms with Crippen LogP contribution in [0.15, 0.2) is 0 Å². The van der Waals surface area contributed by atoms with Crippen molar-refractivity contribution in [3.05, 3.63) is 0 Å². The Bertz CT molecular complexity index is 1760. The summed E-state index contributed by atoms with van der Waals surface area (Å²) >= 11 is 0. The summed E-state index contributed by atoms with van der Waals surface area (Å²) in [4.78, 5) is 218. The number of phosphoric acid groups is 15. The topological polar surface area (TPSA) is 1040 Å². The van der Waals surface area contributed by atoms with E-state index in [0.29, 0.717) is 0 Å². The van der Waals surface area contributed by atoms with Gasteiger partial charge >= 0.3 is 243 Å². The Labute approximate surface area is 559 Å². The van der Waals surface area contributed by atoms with Crippen LogP contribution < -0.4 is 48.9 Å². The molecule has 0 aromatic rings. The van der Waals surface area contributed by atoms with E-state index in [1.54, 1.807) is 0 Å². The number of rotatable bonds is 20. The molecular weight excluding hydrogens is 1540 g/mol. The van der Waals surface area contributed by atoms with Gasteiger partial charge in [-0.1, -0.05) is 0 Å². The van der Waals surface area contributed by atoms with E-state index in [4.69, 9.17) is 73.4 Å². The van der Waals surface area contributed by atoms with Crippen LogP contribution in [0.3, 0.4) is 0 Å². The van der Waals surface area contributed by atoms with Crippen molar-refractivity contribution in [3.63, 3.8) is 0 Å². The molecule has 0 saturated heterocycles. The van der Waals surface area contributed by atoms with E-state index in [9.17, 15) is 117 Å². The molecule has 75 heavy (non-hydrogen) atoms. The molecule has 55 nitrogen and oxygen atoms in total. The molecule has 0 saturated carbocycles. The summed E-state index contributed by atoms with van der Waals surface area (Å²) < 4.78 is 178. The molecule has 0 aliphatic rings. The quantitative estimate of drug-likeness (QED) is 0.0398. The molecule has 0 rings (SSSR count). The summed E-state index contributed by atoms with van der Waals surface area (Å²) in [7, 11) is -84.4. The van der Waals surface area contributed by atoms with E-state index in [1.807, 2.05) is 0 Å². The third kappa shape index (κ3) is 114. The maximum atomic E-state index is 10.3. The Morgan fingerprint density at radius 1 is 0.200 bits per heavy atom. The molecular formula is H25Ca5O55P15. The summed E-state index contributed by atoms with van der Waals surface area (Å²) in [5, 5.41) is 0. The van der Waals surface area contributed by atoms with Gasteiger partial charge in [0.1, 0.15) is 0 Å². The summed E-state index contributed by atoms with van der Waals surface area (Å²) in [5.41, 5.74) is 0. The first-order valence-electron chi connectivity index (χ1n) is 11.2.